The van der Waals surface area contributed by atoms with Crippen molar-refractivity contribution in [2.24, 2.45) is 5.92 Å². The summed E-state index contributed by atoms with van der Waals surface area (Å²) in [6.45, 7) is 1.90. The van der Waals surface area contributed by atoms with Crippen LogP contribution in [-0.2, 0) is 6.67 Å². The van der Waals surface area contributed by atoms with E-state index in [1.807, 2.05) is 39.6 Å². The van der Waals surface area contributed by atoms with E-state index >= 15 is 0 Å². The van der Waals surface area contributed by atoms with Crippen molar-refractivity contribution in [3.05, 3.63) is 41.4 Å². The molecule has 0 radical (unpaired) electrons. The van der Waals surface area contributed by atoms with E-state index in [0.717, 1.165) is 29.6 Å². The van der Waals surface area contributed by atoms with Crippen molar-refractivity contribution in [2.75, 3.05) is 13.6 Å². The molecule has 0 bridgehead atoms. The lowest BCUT2D eigenvalue weighted by Crippen LogP contribution is -2.25. The summed E-state index contributed by atoms with van der Waals surface area (Å²) in [4.78, 5) is 2.29. The number of benzene rings is 1. The van der Waals surface area contributed by atoms with Crippen LogP contribution in [0.15, 0.2) is 36.7 Å². The molecule has 5 heteroatoms. The van der Waals surface area contributed by atoms with Crippen LogP contribution in [0.25, 0.3) is 5.69 Å². The van der Waals surface area contributed by atoms with E-state index in [4.69, 9.17) is 12.2 Å². The number of hydrogen-bond acceptors (Lipinski definition) is 3. The largest absolute Gasteiger partial charge is 0.287 e. The van der Waals surface area contributed by atoms with Gasteiger partial charge in [0.1, 0.15) is 6.33 Å². The Morgan fingerprint density at radius 3 is 2.74 bits per heavy atom. The zero-order valence-corrected chi connectivity index (χ0v) is 11.9. The molecule has 1 aromatic heterocycles. The summed E-state index contributed by atoms with van der Waals surface area (Å²) in [5, 5.41) is 4.39. The molecule has 1 fully saturated rings. The molecule has 1 aliphatic carbocycles. The molecule has 0 amide bonds. The molecule has 0 saturated heterocycles. The van der Waals surface area contributed by atoms with Crippen LogP contribution in [0.1, 0.15) is 12.8 Å². The number of aromatic nitrogens is 3. The summed E-state index contributed by atoms with van der Waals surface area (Å²) >= 11 is 5.49. The second kappa shape index (κ2) is 5.27. The molecule has 1 heterocycles. The molecule has 100 valence electrons. The average Bonchev–Trinajstić information content (AvgIpc) is 3.15. The summed E-state index contributed by atoms with van der Waals surface area (Å²) < 4.78 is 4.57. The Morgan fingerprint density at radius 1 is 1.32 bits per heavy atom. The molecule has 19 heavy (non-hydrogen) atoms. The average molecular weight is 274 g/mol. The number of para-hydroxylation sites is 1. The molecule has 0 spiro atoms. The van der Waals surface area contributed by atoms with Crippen LogP contribution < -0.4 is 0 Å². The first-order valence-corrected chi connectivity index (χ1v) is 7.03. The van der Waals surface area contributed by atoms with Gasteiger partial charge in [-0.2, -0.15) is 5.10 Å². The van der Waals surface area contributed by atoms with Gasteiger partial charge >= 0.3 is 0 Å². The maximum atomic E-state index is 5.49. The van der Waals surface area contributed by atoms with Crippen LogP contribution in [0.5, 0.6) is 0 Å². The lowest BCUT2D eigenvalue weighted by atomic mass is 10.3. The fourth-order valence-electron chi connectivity index (χ4n) is 2.23. The Balaban J connectivity index is 1.77. The molecular weight excluding hydrogens is 256 g/mol. The molecule has 0 N–H and O–H groups in total. The van der Waals surface area contributed by atoms with E-state index < -0.39 is 0 Å². The minimum absolute atomic E-state index is 0.744. The Morgan fingerprint density at radius 2 is 2.05 bits per heavy atom. The van der Waals surface area contributed by atoms with Crippen LogP contribution in [0.2, 0.25) is 0 Å². The molecule has 0 aliphatic heterocycles. The van der Waals surface area contributed by atoms with Crippen molar-refractivity contribution in [1.29, 1.82) is 0 Å². The highest BCUT2D eigenvalue weighted by Crippen LogP contribution is 2.29. The standard InChI is InChI=1S/C14H18N4S/c1-16(9-12-7-8-12)11-18-14(19)17(10-15-18)13-5-3-2-4-6-13/h2-6,10,12H,7-9,11H2,1H3. The molecule has 1 aliphatic rings. The van der Waals surface area contributed by atoms with Crippen molar-refractivity contribution in [3.63, 3.8) is 0 Å². The topological polar surface area (TPSA) is 26.0 Å². The van der Waals surface area contributed by atoms with Crippen molar-refractivity contribution in [1.82, 2.24) is 19.2 Å². The monoisotopic (exact) mass is 274 g/mol. The van der Waals surface area contributed by atoms with Gasteiger partial charge in [-0.05, 0) is 50.2 Å². The van der Waals surface area contributed by atoms with Crippen LogP contribution in [0.4, 0.5) is 0 Å². The van der Waals surface area contributed by atoms with Crippen LogP contribution >= 0.6 is 12.2 Å². The van der Waals surface area contributed by atoms with Gasteiger partial charge in [-0.3, -0.25) is 9.47 Å². The van der Waals surface area contributed by atoms with Gasteiger partial charge in [0.05, 0.1) is 6.67 Å². The second-order valence-electron chi connectivity index (χ2n) is 5.24. The van der Waals surface area contributed by atoms with E-state index in [2.05, 4.69) is 17.0 Å². The van der Waals surface area contributed by atoms with Crippen LogP contribution in [-0.4, -0.2) is 32.8 Å². The molecule has 2 aromatic rings. The normalized spacial score (nSPS) is 15.1. The minimum atomic E-state index is 0.744. The van der Waals surface area contributed by atoms with E-state index in [9.17, 15) is 0 Å². The zero-order valence-electron chi connectivity index (χ0n) is 11.1. The molecule has 4 nitrogen and oxygen atoms in total. The summed E-state index contributed by atoms with van der Waals surface area (Å²) in [5.74, 6) is 0.885. The molecule has 3 rings (SSSR count). The van der Waals surface area contributed by atoms with E-state index in [1.165, 1.54) is 12.8 Å². The number of rotatable bonds is 5. The molecule has 0 atom stereocenters. The van der Waals surface area contributed by atoms with Gasteiger partial charge in [0.2, 0.25) is 4.77 Å². The first-order chi connectivity index (χ1) is 9.24. The minimum Gasteiger partial charge on any atom is -0.287 e. The number of nitrogens with zero attached hydrogens (tertiary/aromatic N) is 4. The fraction of sp³-hybridized carbons (Fsp3) is 0.429. The van der Waals surface area contributed by atoms with Crippen molar-refractivity contribution in [3.8, 4) is 5.69 Å². The quantitative estimate of drug-likeness (QED) is 0.784. The Bertz CT molecular complexity index is 597. The highest BCUT2D eigenvalue weighted by Gasteiger charge is 2.22. The molecular formula is C14H18N4S. The Kier molecular flexibility index (Phi) is 3.48. The van der Waals surface area contributed by atoms with Crippen molar-refractivity contribution in [2.45, 2.75) is 19.5 Å². The van der Waals surface area contributed by atoms with Gasteiger partial charge < -0.3 is 0 Å². The third kappa shape index (κ3) is 2.93. The van der Waals surface area contributed by atoms with Crippen LogP contribution in [0, 0.1) is 10.7 Å². The van der Waals surface area contributed by atoms with E-state index in [1.54, 1.807) is 6.33 Å². The summed E-state index contributed by atoms with van der Waals surface area (Å²) in [7, 11) is 2.13. The van der Waals surface area contributed by atoms with Crippen molar-refractivity contribution >= 4 is 12.2 Å². The lowest BCUT2D eigenvalue weighted by molar-refractivity contribution is 0.242. The van der Waals surface area contributed by atoms with E-state index in [-0.39, 0.29) is 0 Å². The predicted octanol–water partition coefficient (Wildman–Crippen LogP) is 2.70. The third-order valence-electron chi connectivity index (χ3n) is 3.41. The van der Waals surface area contributed by atoms with Crippen molar-refractivity contribution < 1.29 is 0 Å². The Hall–Kier alpha value is -1.46. The van der Waals surface area contributed by atoms with Gasteiger partial charge in [-0.15, -0.1) is 0 Å². The van der Waals surface area contributed by atoms with E-state index in [0.29, 0.717) is 0 Å². The van der Waals surface area contributed by atoms with Gasteiger partial charge in [0.25, 0.3) is 0 Å². The summed E-state index contributed by atoms with van der Waals surface area (Å²) in [5.41, 5.74) is 1.06. The fourth-order valence-corrected chi connectivity index (χ4v) is 2.48. The SMILES string of the molecule is CN(CC1CC1)Cn1ncn(-c2ccccc2)c1=S. The zero-order chi connectivity index (χ0) is 13.2. The summed E-state index contributed by atoms with van der Waals surface area (Å²) in [6.07, 6.45) is 4.53. The molecule has 0 unspecified atom stereocenters. The lowest BCUT2D eigenvalue weighted by Gasteiger charge is -2.15. The van der Waals surface area contributed by atoms with Crippen LogP contribution in [0.3, 0.4) is 0 Å². The smallest absolute Gasteiger partial charge is 0.203 e. The highest BCUT2D eigenvalue weighted by molar-refractivity contribution is 7.71. The predicted molar refractivity (Wildman–Crippen MR) is 77.7 cm³/mol. The molecule has 1 saturated carbocycles. The van der Waals surface area contributed by atoms with Gasteiger partial charge in [0, 0.05) is 12.2 Å². The highest BCUT2D eigenvalue weighted by atomic mass is 32.1. The maximum absolute atomic E-state index is 5.49. The first-order valence-electron chi connectivity index (χ1n) is 6.62. The van der Waals surface area contributed by atoms with Gasteiger partial charge in [0.15, 0.2) is 0 Å². The second-order valence-corrected chi connectivity index (χ2v) is 5.61. The number of hydrogen-bond donors (Lipinski definition) is 0. The van der Waals surface area contributed by atoms with Gasteiger partial charge in [-0.25, -0.2) is 4.68 Å². The summed E-state index contributed by atoms with van der Waals surface area (Å²) in [6, 6.07) is 10.1. The maximum Gasteiger partial charge on any atom is 0.203 e. The van der Waals surface area contributed by atoms with Gasteiger partial charge in [-0.1, -0.05) is 18.2 Å². The first kappa shape index (κ1) is 12.6. The Labute approximate surface area is 118 Å². The third-order valence-corrected chi connectivity index (χ3v) is 3.82. The molecule has 1 aromatic carbocycles.